The number of aryl methyl sites for hydroxylation is 1. The summed E-state index contributed by atoms with van der Waals surface area (Å²) < 4.78 is 5.35. The lowest BCUT2D eigenvalue weighted by molar-refractivity contribution is -0.133. The van der Waals surface area contributed by atoms with Crippen LogP contribution in [0.4, 0.5) is 10.5 Å². The molecule has 0 saturated carbocycles. The molecule has 126 valence electrons. The van der Waals surface area contributed by atoms with Gasteiger partial charge in [0, 0.05) is 18.3 Å². The maximum atomic E-state index is 12.0. The number of rotatable bonds is 6. The normalized spacial score (nSPS) is 10.1. The van der Waals surface area contributed by atoms with Crippen molar-refractivity contribution in [1.29, 1.82) is 0 Å². The van der Waals surface area contributed by atoms with E-state index >= 15 is 0 Å². The fourth-order valence-electron chi connectivity index (χ4n) is 2.21. The minimum absolute atomic E-state index is 0.205. The first-order valence-corrected chi connectivity index (χ1v) is 7.98. The summed E-state index contributed by atoms with van der Waals surface area (Å²) in [5, 5.41) is 5.43. The Bertz CT molecular complexity index is 713. The lowest BCUT2D eigenvalue weighted by Crippen LogP contribution is -2.29. The zero-order valence-corrected chi connectivity index (χ0v) is 14.0. The zero-order valence-electron chi connectivity index (χ0n) is 14.0. The van der Waals surface area contributed by atoms with Crippen molar-refractivity contribution in [3.63, 3.8) is 0 Å². The topological polar surface area (TPSA) is 67.4 Å². The number of hydrogen-bond donors (Lipinski definition) is 2. The fourth-order valence-corrected chi connectivity index (χ4v) is 2.21. The van der Waals surface area contributed by atoms with Crippen LogP contribution in [0.1, 0.15) is 24.5 Å². The number of carbonyl (C=O) groups is 2. The Morgan fingerprint density at radius 2 is 1.88 bits per heavy atom. The van der Waals surface area contributed by atoms with Crippen LogP contribution in [-0.4, -0.2) is 18.5 Å². The lowest BCUT2D eigenvalue weighted by atomic mass is 10.1. The molecule has 0 aliphatic heterocycles. The lowest BCUT2D eigenvalue weighted by Gasteiger charge is -2.09. The number of esters is 1. The number of benzene rings is 2. The first-order valence-electron chi connectivity index (χ1n) is 7.98. The first kappa shape index (κ1) is 17.5. The number of ether oxygens (including phenoxy) is 1. The van der Waals surface area contributed by atoms with E-state index in [1.54, 1.807) is 24.3 Å². The Hall–Kier alpha value is -2.82. The molecule has 0 atom stereocenters. The molecule has 0 radical (unpaired) electrons. The summed E-state index contributed by atoms with van der Waals surface area (Å²) >= 11 is 0. The third-order valence-electron chi connectivity index (χ3n) is 3.29. The summed E-state index contributed by atoms with van der Waals surface area (Å²) in [4.78, 5) is 23.7. The van der Waals surface area contributed by atoms with Crippen molar-refractivity contribution in [1.82, 2.24) is 5.32 Å². The van der Waals surface area contributed by atoms with Gasteiger partial charge in [0.25, 0.3) is 0 Å². The monoisotopic (exact) mass is 326 g/mol. The van der Waals surface area contributed by atoms with Gasteiger partial charge in [0.05, 0.1) is 6.42 Å². The second kappa shape index (κ2) is 8.72. The van der Waals surface area contributed by atoms with Crippen molar-refractivity contribution in [2.45, 2.75) is 26.7 Å². The predicted octanol–water partition coefficient (Wildman–Crippen LogP) is 3.67. The van der Waals surface area contributed by atoms with Gasteiger partial charge in [-0.1, -0.05) is 42.8 Å². The third-order valence-corrected chi connectivity index (χ3v) is 3.29. The van der Waals surface area contributed by atoms with Crippen molar-refractivity contribution < 1.29 is 14.3 Å². The molecular weight excluding hydrogens is 304 g/mol. The number of nitrogens with one attached hydrogen (secondary N) is 2. The largest absolute Gasteiger partial charge is 0.426 e. The van der Waals surface area contributed by atoms with Crippen LogP contribution >= 0.6 is 0 Å². The van der Waals surface area contributed by atoms with Gasteiger partial charge < -0.3 is 15.4 Å². The molecule has 0 unspecified atom stereocenters. The number of anilines is 1. The van der Waals surface area contributed by atoms with Gasteiger partial charge in [-0.05, 0) is 31.0 Å². The maximum absolute atomic E-state index is 12.0. The molecule has 24 heavy (non-hydrogen) atoms. The molecule has 2 aromatic rings. The Morgan fingerprint density at radius 3 is 2.62 bits per heavy atom. The highest BCUT2D eigenvalue weighted by Gasteiger charge is 2.08. The quantitative estimate of drug-likeness (QED) is 0.628. The summed E-state index contributed by atoms with van der Waals surface area (Å²) in [7, 11) is 0. The number of amides is 2. The minimum Gasteiger partial charge on any atom is -0.426 e. The smallest absolute Gasteiger partial charge is 0.319 e. The molecule has 2 N–H and O–H groups in total. The van der Waals surface area contributed by atoms with Gasteiger partial charge in [-0.3, -0.25) is 4.79 Å². The first-order chi connectivity index (χ1) is 11.6. The molecule has 5 nitrogen and oxygen atoms in total. The number of carbonyl (C=O) groups excluding carboxylic acids is 2. The van der Waals surface area contributed by atoms with E-state index < -0.39 is 0 Å². The number of urea groups is 1. The van der Waals surface area contributed by atoms with Crippen LogP contribution in [0.25, 0.3) is 0 Å². The highest BCUT2D eigenvalue weighted by Crippen LogP contribution is 2.18. The van der Waals surface area contributed by atoms with Gasteiger partial charge >= 0.3 is 12.0 Å². The van der Waals surface area contributed by atoms with Gasteiger partial charge in [0.15, 0.2) is 0 Å². The summed E-state index contributed by atoms with van der Waals surface area (Å²) in [5.74, 6) is 0.0640. The van der Waals surface area contributed by atoms with E-state index in [4.69, 9.17) is 4.74 Å². The van der Waals surface area contributed by atoms with Crippen molar-refractivity contribution >= 4 is 17.7 Å². The van der Waals surface area contributed by atoms with E-state index in [9.17, 15) is 9.59 Å². The Morgan fingerprint density at radius 1 is 1.08 bits per heavy atom. The maximum Gasteiger partial charge on any atom is 0.319 e. The standard InChI is InChI=1S/C19H22N2O3/c1-3-10-20-19(23)21-16-8-5-9-17(13-16)24-18(22)12-15-7-4-6-14(2)11-15/h4-9,11,13H,3,10,12H2,1-2H3,(H2,20,21,23). The molecular formula is C19H22N2O3. The molecule has 0 spiro atoms. The van der Waals surface area contributed by atoms with E-state index in [0.717, 1.165) is 17.5 Å². The van der Waals surface area contributed by atoms with Gasteiger partial charge in [0.2, 0.25) is 0 Å². The van der Waals surface area contributed by atoms with Gasteiger partial charge in [0.1, 0.15) is 5.75 Å². The summed E-state index contributed by atoms with van der Waals surface area (Å²) in [6, 6.07) is 14.2. The molecule has 0 saturated heterocycles. The number of hydrogen-bond acceptors (Lipinski definition) is 3. The Balaban J connectivity index is 1.93. The minimum atomic E-state index is -0.340. The zero-order chi connectivity index (χ0) is 17.4. The van der Waals surface area contributed by atoms with Crippen LogP contribution in [0.15, 0.2) is 48.5 Å². The van der Waals surface area contributed by atoms with E-state index in [1.807, 2.05) is 38.1 Å². The molecule has 0 bridgehead atoms. The molecule has 2 rings (SSSR count). The average molecular weight is 326 g/mol. The van der Waals surface area contributed by atoms with Crippen molar-refractivity contribution in [2.24, 2.45) is 0 Å². The summed E-state index contributed by atoms with van der Waals surface area (Å²) in [5.41, 5.74) is 2.59. The second-order valence-corrected chi connectivity index (χ2v) is 5.55. The molecule has 5 heteroatoms. The second-order valence-electron chi connectivity index (χ2n) is 5.55. The van der Waals surface area contributed by atoms with Crippen LogP contribution in [0.3, 0.4) is 0 Å². The molecule has 2 amide bonds. The Labute approximate surface area is 142 Å². The SMILES string of the molecule is CCCNC(=O)Nc1cccc(OC(=O)Cc2cccc(C)c2)c1. The molecule has 2 aromatic carbocycles. The molecule has 0 aliphatic carbocycles. The highest BCUT2D eigenvalue weighted by molar-refractivity contribution is 5.89. The third kappa shape index (κ3) is 5.76. The van der Waals surface area contributed by atoms with Crippen molar-refractivity contribution in [3.05, 3.63) is 59.7 Å². The summed E-state index contributed by atoms with van der Waals surface area (Å²) in [6.45, 7) is 4.57. The Kier molecular flexibility index (Phi) is 6.37. The van der Waals surface area contributed by atoms with Crippen LogP contribution < -0.4 is 15.4 Å². The van der Waals surface area contributed by atoms with Crippen LogP contribution in [-0.2, 0) is 11.2 Å². The van der Waals surface area contributed by atoms with E-state index in [-0.39, 0.29) is 18.4 Å². The predicted molar refractivity (Wildman–Crippen MR) is 94.3 cm³/mol. The van der Waals surface area contributed by atoms with E-state index in [1.165, 1.54) is 0 Å². The van der Waals surface area contributed by atoms with Gasteiger partial charge in [-0.2, -0.15) is 0 Å². The van der Waals surface area contributed by atoms with E-state index in [0.29, 0.717) is 18.0 Å². The summed E-state index contributed by atoms with van der Waals surface area (Å²) in [6.07, 6.45) is 1.07. The highest BCUT2D eigenvalue weighted by atomic mass is 16.5. The molecule has 0 fully saturated rings. The van der Waals surface area contributed by atoms with Crippen LogP contribution in [0.5, 0.6) is 5.75 Å². The fraction of sp³-hybridized carbons (Fsp3) is 0.263. The van der Waals surface area contributed by atoms with Gasteiger partial charge in [-0.25, -0.2) is 4.79 Å². The average Bonchev–Trinajstić information content (AvgIpc) is 2.53. The van der Waals surface area contributed by atoms with E-state index in [2.05, 4.69) is 10.6 Å². The van der Waals surface area contributed by atoms with Crippen LogP contribution in [0, 0.1) is 6.92 Å². The van der Waals surface area contributed by atoms with Crippen molar-refractivity contribution in [3.8, 4) is 5.75 Å². The van der Waals surface area contributed by atoms with Crippen LogP contribution in [0.2, 0.25) is 0 Å². The molecule has 0 aliphatic rings. The molecule has 0 aromatic heterocycles. The van der Waals surface area contributed by atoms with Gasteiger partial charge in [-0.15, -0.1) is 0 Å². The van der Waals surface area contributed by atoms with Crippen molar-refractivity contribution in [2.75, 3.05) is 11.9 Å². The molecule has 0 heterocycles.